The molecule has 0 unspecified atom stereocenters. The number of hydrogen-bond acceptors (Lipinski definition) is 1. The number of nitrogens with zero attached hydrogens (tertiary/aromatic N) is 2. The van der Waals surface area contributed by atoms with E-state index in [-0.39, 0.29) is 5.75 Å². The van der Waals surface area contributed by atoms with E-state index >= 15 is 0 Å². The van der Waals surface area contributed by atoms with Gasteiger partial charge in [-0.2, -0.15) is 4.40 Å². The molecule has 0 atom stereocenters. The topological polar surface area (TPSA) is 33.3 Å². The minimum Gasteiger partial charge on any atom is -0.406 e. The Balaban J connectivity index is 1.53. The molecule has 0 spiro atoms. The van der Waals surface area contributed by atoms with Gasteiger partial charge in [-0.25, -0.2) is 4.57 Å². The van der Waals surface area contributed by atoms with Crippen molar-refractivity contribution in [2.45, 2.75) is 12.9 Å². The minimum atomic E-state index is -4.71. The molecule has 3 aromatic carbocycles. The quantitative estimate of drug-likeness (QED) is 0.237. The lowest BCUT2D eigenvalue weighted by atomic mass is 10.1. The van der Waals surface area contributed by atoms with Crippen molar-refractivity contribution in [3.8, 4) is 17.0 Å². The van der Waals surface area contributed by atoms with E-state index in [4.69, 9.17) is 0 Å². The molecule has 0 aliphatic carbocycles. The summed E-state index contributed by atoms with van der Waals surface area (Å²) in [5, 5.41) is 2.28. The lowest BCUT2D eigenvalue weighted by Crippen LogP contribution is -2.34. The van der Waals surface area contributed by atoms with E-state index in [0.29, 0.717) is 6.54 Å². The number of nitrogens with one attached hydrogen (secondary N) is 1. The average Bonchev–Trinajstić information content (AvgIpc) is 3.38. The highest BCUT2D eigenvalue weighted by molar-refractivity contribution is 9.10. The van der Waals surface area contributed by atoms with Crippen LogP contribution in [0.15, 0.2) is 95.9 Å². The zero-order valence-electron chi connectivity index (χ0n) is 18.2. The van der Waals surface area contributed by atoms with Crippen LogP contribution >= 0.6 is 15.9 Å². The Kier molecular flexibility index (Phi) is 5.07. The molecule has 0 aliphatic heterocycles. The minimum absolute atomic E-state index is 0.235. The van der Waals surface area contributed by atoms with Crippen molar-refractivity contribution < 1.29 is 22.5 Å². The summed E-state index contributed by atoms with van der Waals surface area (Å²) in [7, 11) is 0. The molecule has 3 heterocycles. The average molecular weight is 537 g/mol. The standard InChI is InChI=1S/C27H18BrF3N3O/c28-19-9-7-18(8-10-19)25-26-24-22(21-3-1-2-4-23(21)32-24)13-14-33(26)16-34(25)15-17-5-11-20(12-6-17)35-27(29,30)31/h1-14,16,32H,15H2/q+1. The van der Waals surface area contributed by atoms with Gasteiger partial charge in [0, 0.05) is 26.3 Å². The van der Waals surface area contributed by atoms with Crippen LogP contribution in [0.1, 0.15) is 5.56 Å². The zero-order valence-corrected chi connectivity index (χ0v) is 19.8. The first-order valence-corrected chi connectivity index (χ1v) is 11.7. The van der Waals surface area contributed by atoms with Crippen molar-refractivity contribution in [1.82, 2.24) is 9.38 Å². The molecule has 0 aliphatic rings. The number of hydrogen-bond donors (Lipinski definition) is 1. The number of pyridine rings is 1. The molecular formula is C27H18BrF3N3O+. The first kappa shape index (κ1) is 21.7. The molecule has 6 rings (SSSR count). The van der Waals surface area contributed by atoms with Crippen LogP contribution < -0.4 is 9.30 Å². The Hall–Kier alpha value is -3.78. The SMILES string of the molecule is FC(F)(F)Oc1ccc(C[n+]2cn3ccc4c5ccccc5[nH]c4c3c2-c2ccc(Br)cc2)cc1. The maximum atomic E-state index is 12.5. The molecule has 8 heteroatoms. The molecule has 0 saturated carbocycles. The summed E-state index contributed by atoms with van der Waals surface area (Å²) < 4.78 is 46.8. The van der Waals surface area contributed by atoms with Crippen LogP contribution in [0.4, 0.5) is 13.2 Å². The van der Waals surface area contributed by atoms with Crippen LogP contribution in [0, 0.1) is 0 Å². The number of H-pyrrole nitrogens is 1. The summed E-state index contributed by atoms with van der Waals surface area (Å²) in [6.07, 6.45) is -0.662. The van der Waals surface area contributed by atoms with Crippen molar-refractivity contribution >= 4 is 43.3 Å². The highest BCUT2D eigenvalue weighted by Crippen LogP contribution is 2.33. The van der Waals surface area contributed by atoms with Gasteiger partial charge < -0.3 is 9.72 Å². The molecule has 6 aromatic rings. The van der Waals surface area contributed by atoms with Gasteiger partial charge in [0.05, 0.1) is 11.7 Å². The number of fused-ring (bicyclic) bond motifs is 5. The van der Waals surface area contributed by atoms with E-state index in [0.717, 1.165) is 48.6 Å². The largest absolute Gasteiger partial charge is 0.573 e. The van der Waals surface area contributed by atoms with Crippen molar-refractivity contribution in [3.05, 3.63) is 101 Å². The normalized spacial score (nSPS) is 12.1. The molecule has 0 saturated heterocycles. The summed E-state index contributed by atoms with van der Waals surface area (Å²) in [6.45, 7) is 0.473. The van der Waals surface area contributed by atoms with Crippen LogP contribution in [-0.4, -0.2) is 15.7 Å². The monoisotopic (exact) mass is 536 g/mol. The van der Waals surface area contributed by atoms with Gasteiger partial charge in [-0.1, -0.05) is 46.3 Å². The molecule has 0 radical (unpaired) electrons. The van der Waals surface area contributed by atoms with Crippen LogP contribution in [0.2, 0.25) is 0 Å². The Labute approximate surface area is 206 Å². The third-order valence-corrected chi connectivity index (χ3v) is 6.57. The van der Waals surface area contributed by atoms with E-state index in [2.05, 4.69) is 65.0 Å². The van der Waals surface area contributed by atoms with E-state index in [1.165, 1.54) is 12.1 Å². The van der Waals surface area contributed by atoms with E-state index < -0.39 is 6.36 Å². The van der Waals surface area contributed by atoms with E-state index in [9.17, 15) is 13.2 Å². The van der Waals surface area contributed by atoms with Gasteiger partial charge in [0.1, 0.15) is 12.3 Å². The first-order chi connectivity index (χ1) is 16.9. The van der Waals surface area contributed by atoms with Gasteiger partial charge >= 0.3 is 6.36 Å². The summed E-state index contributed by atoms with van der Waals surface area (Å²) in [6, 6.07) is 24.4. The third-order valence-electron chi connectivity index (χ3n) is 6.05. The summed E-state index contributed by atoms with van der Waals surface area (Å²) >= 11 is 3.51. The second-order valence-electron chi connectivity index (χ2n) is 8.32. The molecule has 0 fully saturated rings. The van der Waals surface area contributed by atoms with Crippen molar-refractivity contribution in [3.63, 3.8) is 0 Å². The number of benzene rings is 3. The van der Waals surface area contributed by atoms with Crippen molar-refractivity contribution in [1.29, 1.82) is 0 Å². The Morgan fingerprint density at radius 1 is 0.886 bits per heavy atom. The van der Waals surface area contributed by atoms with Gasteiger partial charge in [0.2, 0.25) is 11.8 Å². The van der Waals surface area contributed by atoms with Gasteiger partial charge in [-0.3, -0.25) is 0 Å². The second-order valence-corrected chi connectivity index (χ2v) is 9.24. The number of aromatic nitrogens is 3. The fourth-order valence-electron chi connectivity index (χ4n) is 4.59. The maximum Gasteiger partial charge on any atom is 0.573 e. The fraction of sp³-hybridized carbons (Fsp3) is 0.0741. The number of rotatable bonds is 4. The summed E-state index contributed by atoms with van der Waals surface area (Å²) in [5.74, 6) is -0.235. The summed E-state index contributed by atoms with van der Waals surface area (Å²) in [4.78, 5) is 3.58. The number of aromatic amines is 1. The number of imidazole rings is 1. The molecule has 0 amide bonds. The number of halogens is 4. The van der Waals surface area contributed by atoms with Gasteiger partial charge in [-0.15, -0.1) is 13.2 Å². The highest BCUT2D eigenvalue weighted by Gasteiger charge is 2.31. The van der Waals surface area contributed by atoms with Crippen molar-refractivity contribution in [2.75, 3.05) is 0 Å². The molecule has 35 heavy (non-hydrogen) atoms. The van der Waals surface area contributed by atoms with E-state index in [1.807, 2.05) is 36.8 Å². The Bertz CT molecular complexity index is 1680. The smallest absolute Gasteiger partial charge is 0.406 e. The number of para-hydroxylation sites is 1. The predicted octanol–water partition coefficient (Wildman–Crippen LogP) is 7.24. The van der Waals surface area contributed by atoms with E-state index in [1.54, 1.807) is 12.1 Å². The second kappa shape index (κ2) is 8.16. The fourth-order valence-corrected chi connectivity index (χ4v) is 4.85. The molecule has 3 aromatic heterocycles. The molecule has 0 bridgehead atoms. The van der Waals surface area contributed by atoms with Crippen LogP contribution in [-0.2, 0) is 6.54 Å². The molecule has 1 N–H and O–H groups in total. The number of alkyl halides is 3. The van der Waals surface area contributed by atoms with Crippen LogP contribution in [0.25, 0.3) is 38.6 Å². The van der Waals surface area contributed by atoms with Gasteiger partial charge in [0.25, 0.3) is 0 Å². The lowest BCUT2D eigenvalue weighted by molar-refractivity contribution is -0.676. The number of ether oxygens (including phenoxy) is 1. The molecule has 174 valence electrons. The maximum absolute atomic E-state index is 12.5. The molecular weight excluding hydrogens is 519 g/mol. The van der Waals surface area contributed by atoms with Gasteiger partial charge in [-0.05, 0) is 54.1 Å². The predicted molar refractivity (Wildman–Crippen MR) is 132 cm³/mol. The highest BCUT2D eigenvalue weighted by atomic mass is 79.9. The Morgan fingerprint density at radius 2 is 1.63 bits per heavy atom. The summed E-state index contributed by atoms with van der Waals surface area (Å²) in [5.41, 5.74) is 6.00. The zero-order chi connectivity index (χ0) is 24.2. The van der Waals surface area contributed by atoms with Crippen molar-refractivity contribution in [2.24, 2.45) is 0 Å². The third kappa shape index (κ3) is 4.04. The lowest BCUT2D eigenvalue weighted by Gasteiger charge is -2.09. The van der Waals surface area contributed by atoms with Crippen LogP contribution in [0.5, 0.6) is 5.75 Å². The van der Waals surface area contributed by atoms with Gasteiger partial charge in [0.15, 0.2) is 5.69 Å². The Morgan fingerprint density at radius 3 is 2.37 bits per heavy atom. The first-order valence-electron chi connectivity index (χ1n) is 10.9. The van der Waals surface area contributed by atoms with Crippen LogP contribution in [0.3, 0.4) is 0 Å². The molecule has 4 nitrogen and oxygen atoms in total.